The first kappa shape index (κ1) is 9.66. The SMILES string of the molecule is CNC(c1cccnc1)C1CC1(C)C. The molecule has 1 aromatic rings. The maximum Gasteiger partial charge on any atom is 0.0366 e. The number of rotatable bonds is 3. The van der Waals surface area contributed by atoms with Gasteiger partial charge in [-0.3, -0.25) is 4.98 Å². The molecule has 2 nitrogen and oxygen atoms in total. The molecule has 0 spiro atoms. The lowest BCUT2D eigenvalue weighted by molar-refractivity contribution is 0.440. The van der Waals surface area contributed by atoms with Gasteiger partial charge in [-0.25, -0.2) is 0 Å². The zero-order valence-electron chi connectivity index (χ0n) is 9.12. The molecule has 2 heteroatoms. The van der Waals surface area contributed by atoms with Crippen molar-refractivity contribution in [1.82, 2.24) is 10.3 Å². The van der Waals surface area contributed by atoms with E-state index in [1.54, 1.807) is 0 Å². The normalized spacial score (nSPS) is 25.8. The van der Waals surface area contributed by atoms with E-state index in [0.717, 1.165) is 5.92 Å². The maximum atomic E-state index is 4.17. The van der Waals surface area contributed by atoms with Crippen molar-refractivity contribution < 1.29 is 0 Å². The van der Waals surface area contributed by atoms with Crippen LogP contribution in [-0.4, -0.2) is 12.0 Å². The summed E-state index contributed by atoms with van der Waals surface area (Å²) in [5.41, 5.74) is 1.81. The van der Waals surface area contributed by atoms with Crippen LogP contribution in [0.3, 0.4) is 0 Å². The Morgan fingerprint density at radius 3 is 2.71 bits per heavy atom. The van der Waals surface area contributed by atoms with Gasteiger partial charge in [-0.05, 0) is 36.4 Å². The summed E-state index contributed by atoms with van der Waals surface area (Å²) in [7, 11) is 2.03. The van der Waals surface area contributed by atoms with Gasteiger partial charge in [0, 0.05) is 18.4 Å². The topological polar surface area (TPSA) is 24.9 Å². The first-order valence-electron chi connectivity index (χ1n) is 5.22. The van der Waals surface area contributed by atoms with E-state index in [4.69, 9.17) is 0 Å². The van der Waals surface area contributed by atoms with E-state index in [2.05, 4.69) is 30.2 Å². The van der Waals surface area contributed by atoms with E-state index in [9.17, 15) is 0 Å². The monoisotopic (exact) mass is 190 g/mol. The molecule has 0 radical (unpaired) electrons. The van der Waals surface area contributed by atoms with Crippen LogP contribution in [0.1, 0.15) is 31.9 Å². The van der Waals surface area contributed by atoms with Crippen LogP contribution in [0.25, 0.3) is 0 Å². The van der Waals surface area contributed by atoms with Crippen LogP contribution in [0, 0.1) is 11.3 Å². The third-order valence-corrected chi connectivity index (χ3v) is 3.35. The molecule has 1 aliphatic carbocycles. The highest BCUT2D eigenvalue weighted by atomic mass is 14.9. The summed E-state index contributed by atoms with van der Waals surface area (Å²) in [6.07, 6.45) is 5.11. The van der Waals surface area contributed by atoms with Crippen molar-refractivity contribution in [2.24, 2.45) is 11.3 Å². The molecule has 0 amide bonds. The number of hydrogen-bond acceptors (Lipinski definition) is 2. The van der Waals surface area contributed by atoms with Gasteiger partial charge in [0.1, 0.15) is 0 Å². The van der Waals surface area contributed by atoms with Gasteiger partial charge in [-0.15, -0.1) is 0 Å². The largest absolute Gasteiger partial charge is 0.313 e. The molecule has 0 bridgehead atoms. The van der Waals surface area contributed by atoms with E-state index < -0.39 is 0 Å². The molecular weight excluding hydrogens is 172 g/mol. The Kier molecular flexibility index (Phi) is 2.31. The minimum absolute atomic E-state index is 0.471. The number of pyridine rings is 1. The van der Waals surface area contributed by atoms with E-state index in [0.29, 0.717) is 11.5 Å². The standard InChI is InChI=1S/C12H18N2/c1-12(2)7-10(12)11(13-3)9-5-4-6-14-8-9/h4-6,8,10-11,13H,7H2,1-3H3. The fourth-order valence-electron chi connectivity index (χ4n) is 2.24. The van der Waals surface area contributed by atoms with Gasteiger partial charge in [-0.1, -0.05) is 19.9 Å². The number of hydrogen-bond donors (Lipinski definition) is 1. The third kappa shape index (κ3) is 1.67. The van der Waals surface area contributed by atoms with Crippen molar-refractivity contribution in [3.63, 3.8) is 0 Å². The van der Waals surface area contributed by atoms with Crippen molar-refractivity contribution in [3.05, 3.63) is 30.1 Å². The Hall–Kier alpha value is -0.890. The predicted octanol–water partition coefficient (Wildman–Crippen LogP) is 2.39. The van der Waals surface area contributed by atoms with Crippen molar-refractivity contribution in [3.8, 4) is 0 Å². The molecule has 2 atom stereocenters. The van der Waals surface area contributed by atoms with Crippen LogP contribution < -0.4 is 5.32 Å². The van der Waals surface area contributed by atoms with Gasteiger partial charge >= 0.3 is 0 Å². The molecule has 1 aliphatic rings. The average molecular weight is 190 g/mol. The molecule has 1 fully saturated rings. The van der Waals surface area contributed by atoms with E-state index in [-0.39, 0.29) is 0 Å². The smallest absolute Gasteiger partial charge is 0.0366 e. The summed E-state index contributed by atoms with van der Waals surface area (Å²) in [6.45, 7) is 4.66. The highest BCUT2D eigenvalue weighted by molar-refractivity contribution is 5.19. The Balaban J connectivity index is 2.16. The van der Waals surface area contributed by atoms with Gasteiger partial charge in [0.2, 0.25) is 0 Å². The van der Waals surface area contributed by atoms with Gasteiger partial charge < -0.3 is 5.32 Å². The molecule has 0 saturated heterocycles. The van der Waals surface area contributed by atoms with Crippen molar-refractivity contribution in [2.45, 2.75) is 26.3 Å². The van der Waals surface area contributed by atoms with Crippen molar-refractivity contribution >= 4 is 0 Å². The van der Waals surface area contributed by atoms with Crippen molar-refractivity contribution in [1.29, 1.82) is 0 Å². The van der Waals surface area contributed by atoms with E-state index in [1.807, 2.05) is 25.5 Å². The molecule has 14 heavy (non-hydrogen) atoms. The minimum Gasteiger partial charge on any atom is -0.313 e. The summed E-state index contributed by atoms with van der Waals surface area (Å²) < 4.78 is 0. The quantitative estimate of drug-likeness (QED) is 0.791. The zero-order chi connectivity index (χ0) is 10.2. The molecule has 1 N–H and O–H groups in total. The second-order valence-corrected chi connectivity index (χ2v) is 4.85. The molecule has 2 rings (SSSR count). The first-order valence-corrected chi connectivity index (χ1v) is 5.22. The number of aromatic nitrogens is 1. The fourth-order valence-corrected chi connectivity index (χ4v) is 2.24. The lowest BCUT2D eigenvalue weighted by atomic mass is 9.98. The fraction of sp³-hybridized carbons (Fsp3) is 0.583. The molecule has 2 unspecified atom stereocenters. The van der Waals surface area contributed by atoms with Crippen LogP contribution in [0.15, 0.2) is 24.5 Å². The molecule has 0 aromatic carbocycles. The van der Waals surface area contributed by atoms with E-state index in [1.165, 1.54) is 12.0 Å². The Morgan fingerprint density at radius 2 is 2.29 bits per heavy atom. The lowest BCUT2D eigenvalue weighted by Crippen LogP contribution is -2.20. The Bertz CT molecular complexity index is 305. The van der Waals surface area contributed by atoms with Crippen LogP contribution in [0.4, 0.5) is 0 Å². The molecule has 0 aliphatic heterocycles. The number of nitrogens with one attached hydrogen (secondary N) is 1. The summed E-state index contributed by atoms with van der Waals surface area (Å²) in [4.78, 5) is 4.17. The summed E-state index contributed by atoms with van der Waals surface area (Å²) in [5, 5.41) is 3.40. The van der Waals surface area contributed by atoms with Gasteiger partial charge in [0.05, 0.1) is 0 Å². The number of nitrogens with zero attached hydrogens (tertiary/aromatic N) is 1. The first-order chi connectivity index (χ1) is 6.65. The van der Waals surface area contributed by atoms with Crippen LogP contribution in [0.5, 0.6) is 0 Å². The minimum atomic E-state index is 0.471. The van der Waals surface area contributed by atoms with Gasteiger partial charge in [0.25, 0.3) is 0 Å². The second kappa shape index (κ2) is 3.35. The third-order valence-electron chi connectivity index (χ3n) is 3.35. The Morgan fingerprint density at radius 1 is 1.57 bits per heavy atom. The Labute approximate surface area is 85.7 Å². The molecule has 1 saturated carbocycles. The van der Waals surface area contributed by atoms with Crippen LogP contribution >= 0.6 is 0 Å². The summed E-state index contributed by atoms with van der Waals surface area (Å²) >= 11 is 0. The summed E-state index contributed by atoms with van der Waals surface area (Å²) in [5.74, 6) is 0.761. The summed E-state index contributed by atoms with van der Waals surface area (Å²) in [6, 6.07) is 4.64. The van der Waals surface area contributed by atoms with Gasteiger partial charge in [-0.2, -0.15) is 0 Å². The van der Waals surface area contributed by atoms with Crippen LogP contribution in [0.2, 0.25) is 0 Å². The zero-order valence-corrected chi connectivity index (χ0v) is 9.12. The van der Waals surface area contributed by atoms with Gasteiger partial charge in [0.15, 0.2) is 0 Å². The predicted molar refractivity (Wildman–Crippen MR) is 57.9 cm³/mol. The molecule has 1 heterocycles. The maximum absolute atomic E-state index is 4.17. The highest BCUT2D eigenvalue weighted by Gasteiger charge is 2.50. The average Bonchev–Trinajstić information content (AvgIpc) is 2.78. The second-order valence-electron chi connectivity index (χ2n) is 4.85. The molecule has 1 aromatic heterocycles. The van der Waals surface area contributed by atoms with Crippen molar-refractivity contribution in [2.75, 3.05) is 7.05 Å². The highest BCUT2D eigenvalue weighted by Crippen LogP contribution is 2.57. The molecule has 76 valence electrons. The molecular formula is C12H18N2. The van der Waals surface area contributed by atoms with Crippen LogP contribution in [-0.2, 0) is 0 Å². The van der Waals surface area contributed by atoms with E-state index >= 15 is 0 Å². The lowest BCUT2D eigenvalue weighted by Gasteiger charge is -2.17.